The molecule has 0 aliphatic carbocycles. The maximum Gasteiger partial charge on any atom is 0.309 e. The fourth-order valence-corrected chi connectivity index (χ4v) is 3.63. The van der Waals surface area contributed by atoms with Gasteiger partial charge in [-0.1, -0.05) is 0 Å². The monoisotopic (exact) mass is 361 g/mol. The molecule has 0 bridgehead atoms. The van der Waals surface area contributed by atoms with Crippen molar-refractivity contribution in [1.82, 2.24) is 15.5 Å². The van der Waals surface area contributed by atoms with Gasteiger partial charge >= 0.3 is 11.8 Å². The molecule has 1 aliphatic rings. The lowest BCUT2D eigenvalue weighted by Gasteiger charge is -2.31. The molecule has 2 N–H and O–H groups in total. The van der Waals surface area contributed by atoms with Crippen molar-refractivity contribution in [3.8, 4) is 0 Å². The van der Waals surface area contributed by atoms with Gasteiger partial charge in [-0.25, -0.2) is 0 Å². The Bertz CT molecular complexity index is 662. The van der Waals surface area contributed by atoms with Crippen molar-refractivity contribution in [3.63, 3.8) is 0 Å². The van der Waals surface area contributed by atoms with Gasteiger partial charge in [-0.2, -0.15) is 11.3 Å². The summed E-state index contributed by atoms with van der Waals surface area (Å²) in [6.45, 7) is 3.83. The van der Waals surface area contributed by atoms with Crippen LogP contribution >= 0.6 is 11.3 Å². The van der Waals surface area contributed by atoms with Crippen LogP contribution in [0.3, 0.4) is 0 Å². The van der Waals surface area contributed by atoms with Crippen LogP contribution in [0.1, 0.15) is 24.2 Å². The number of hydrogen-bond acceptors (Lipinski definition) is 5. The number of nitrogens with one attached hydrogen (secondary N) is 2. The smallest absolute Gasteiger partial charge is 0.309 e. The molecule has 2 aromatic rings. The lowest BCUT2D eigenvalue weighted by atomic mass is 9.96. The predicted molar refractivity (Wildman–Crippen MR) is 95.9 cm³/mol. The molecule has 7 heteroatoms. The molecule has 1 fully saturated rings. The third-order valence-corrected chi connectivity index (χ3v) is 5.19. The first kappa shape index (κ1) is 17.7. The number of carbonyl (C=O) groups excluding carboxylic acids is 2. The van der Waals surface area contributed by atoms with Gasteiger partial charge in [0.2, 0.25) is 0 Å². The molecule has 1 aliphatic heterocycles. The topological polar surface area (TPSA) is 74.6 Å². The zero-order valence-electron chi connectivity index (χ0n) is 14.1. The van der Waals surface area contributed by atoms with E-state index in [1.54, 1.807) is 23.5 Å². The van der Waals surface area contributed by atoms with Crippen LogP contribution in [0.5, 0.6) is 0 Å². The summed E-state index contributed by atoms with van der Waals surface area (Å²) in [5, 5.41) is 9.59. The maximum absolute atomic E-state index is 11.9. The van der Waals surface area contributed by atoms with E-state index in [1.807, 2.05) is 0 Å². The average molecular weight is 361 g/mol. The molecule has 0 unspecified atom stereocenters. The molecule has 6 nitrogen and oxygen atoms in total. The van der Waals surface area contributed by atoms with Gasteiger partial charge in [-0.3, -0.25) is 14.5 Å². The van der Waals surface area contributed by atoms with Crippen molar-refractivity contribution >= 4 is 23.2 Å². The first-order chi connectivity index (χ1) is 12.2. The van der Waals surface area contributed by atoms with Gasteiger partial charge in [0.05, 0.1) is 12.8 Å². The molecular weight excluding hydrogens is 338 g/mol. The van der Waals surface area contributed by atoms with Crippen LogP contribution in [0.4, 0.5) is 0 Å². The van der Waals surface area contributed by atoms with E-state index in [-0.39, 0.29) is 6.54 Å². The summed E-state index contributed by atoms with van der Waals surface area (Å²) in [5.74, 6) is -0.141. The molecule has 3 heterocycles. The SMILES string of the molecule is O=C(NCc1ccco1)C(=O)NCC1CCN(Cc2ccsc2)CC1. The highest BCUT2D eigenvalue weighted by Crippen LogP contribution is 2.19. The van der Waals surface area contributed by atoms with Gasteiger partial charge in [0, 0.05) is 13.1 Å². The fraction of sp³-hybridized carbons (Fsp3) is 0.444. The van der Waals surface area contributed by atoms with E-state index < -0.39 is 11.8 Å². The highest BCUT2D eigenvalue weighted by atomic mass is 32.1. The van der Waals surface area contributed by atoms with E-state index in [9.17, 15) is 9.59 Å². The van der Waals surface area contributed by atoms with Crippen molar-refractivity contribution in [3.05, 3.63) is 46.5 Å². The Morgan fingerprint density at radius 1 is 1.20 bits per heavy atom. The van der Waals surface area contributed by atoms with Crippen molar-refractivity contribution in [2.75, 3.05) is 19.6 Å². The maximum atomic E-state index is 11.9. The van der Waals surface area contributed by atoms with Gasteiger partial charge in [0.1, 0.15) is 5.76 Å². The van der Waals surface area contributed by atoms with Crippen molar-refractivity contribution in [2.45, 2.75) is 25.9 Å². The molecule has 1 saturated heterocycles. The Morgan fingerprint density at radius 3 is 2.68 bits per heavy atom. The summed E-state index contributed by atoms with van der Waals surface area (Å²) in [6, 6.07) is 5.66. The summed E-state index contributed by atoms with van der Waals surface area (Å²) in [6.07, 6.45) is 3.61. The second kappa shape index (κ2) is 8.82. The number of hydrogen-bond donors (Lipinski definition) is 2. The molecule has 2 aromatic heterocycles. The Hall–Kier alpha value is -2.12. The average Bonchev–Trinajstić information content (AvgIpc) is 3.32. The summed E-state index contributed by atoms with van der Waals surface area (Å²) in [5.41, 5.74) is 1.37. The van der Waals surface area contributed by atoms with Crippen LogP contribution in [0.15, 0.2) is 39.6 Å². The zero-order valence-corrected chi connectivity index (χ0v) is 14.9. The van der Waals surface area contributed by atoms with Crippen molar-refractivity contribution in [1.29, 1.82) is 0 Å². The first-order valence-corrected chi connectivity index (χ1v) is 9.47. The number of furan rings is 1. The molecular formula is C18H23N3O3S. The van der Waals surface area contributed by atoms with Crippen LogP contribution in [-0.4, -0.2) is 36.3 Å². The van der Waals surface area contributed by atoms with Crippen LogP contribution in [0, 0.1) is 5.92 Å². The minimum Gasteiger partial charge on any atom is -0.467 e. The quantitative estimate of drug-likeness (QED) is 0.772. The largest absolute Gasteiger partial charge is 0.467 e. The molecule has 2 amide bonds. The lowest BCUT2D eigenvalue weighted by Crippen LogP contribution is -2.43. The van der Waals surface area contributed by atoms with Gasteiger partial charge in [-0.15, -0.1) is 0 Å². The van der Waals surface area contributed by atoms with E-state index in [1.165, 1.54) is 11.8 Å². The molecule has 0 saturated carbocycles. The number of nitrogens with zero attached hydrogens (tertiary/aromatic N) is 1. The predicted octanol–water partition coefficient (Wildman–Crippen LogP) is 1.99. The fourth-order valence-electron chi connectivity index (χ4n) is 2.97. The molecule has 0 aromatic carbocycles. The molecule has 0 spiro atoms. The summed E-state index contributed by atoms with van der Waals surface area (Å²) in [4.78, 5) is 26.1. The van der Waals surface area contributed by atoms with Crippen molar-refractivity contribution in [2.24, 2.45) is 5.92 Å². The van der Waals surface area contributed by atoms with Crippen LogP contribution in [0.2, 0.25) is 0 Å². The second-order valence-electron chi connectivity index (χ2n) is 6.32. The zero-order chi connectivity index (χ0) is 17.5. The highest BCUT2D eigenvalue weighted by Gasteiger charge is 2.21. The number of amides is 2. The standard InChI is InChI=1S/C18H23N3O3S/c22-17(18(23)20-11-16-2-1-8-24-16)19-10-14-3-6-21(7-4-14)12-15-5-9-25-13-15/h1-2,5,8-9,13-14H,3-4,6-7,10-12H2,(H,19,22)(H,20,23). The second-order valence-corrected chi connectivity index (χ2v) is 7.10. The van der Waals surface area contributed by atoms with Crippen LogP contribution in [0.25, 0.3) is 0 Å². The van der Waals surface area contributed by atoms with E-state index in [4.69, 9.17) is 4.42 Å². The Morgan fingerprint density at radius 2 is 2.00 bits per heavy atom. The lowest BCUT2D eigenvalue weighted by molar-refractivity contribution is -0.139. The van der Waals surface area contributed by atoms with Gasteiger partial charge in [0.15, 0.2) is 0 Å². The summed E-state index contributed by atoms with van der Waals surface area (Å²) >= 11 is 1.73. The third kappa shape index (κ3) is 5.44. The first-order valence-electron chi connectivity index (χ1n) is 8.52. The van der Waals surface area contributed by atoms with Crippen molar-refractivity contribution < 1.29 is 14.0 Å². The molecule has 134 valence electrons. The number of carbonyl (C=O) groups is 2. The highest BCUT2D eigenvalue weighted by molar-refractivity contribution is 7.07. The molecule has 0 radical (unpaired) electrons. The minimum absolute atomic E-state index is 0.222. The number of piperidine rings is 1. The van der Waals surface area contributed by atoms with Crippen LogP contribution < -0.4 is 10.6 Å². The minimum atomic E-state index is -0.619. The number of likely N-dealkylation sites (tertiary alicyclic amines) is 1. The Balaban J connectivity index is 1.32. The van der Waals surface area contributed by atoms with E-state index in [2.05, 4.69) is 32.4 Å². The molecule has 0 atom stereocenters. The summed E-state index contributed by atoms with van der Waals surface area (Å²) in [7, 11) is 0. The summed E-state index contributed by atoms with van der Waals surface area (Å²) < 4.78 is 5.12. The van der Waals surface area contributed by atoms with E-state index in [0.717, 1.165) is 32.5 Å². The Kier molecular flexibility index (Phi) is 6.25. The number of thiophene rings is 1. The van der Waals surface area contributed by atoms with Crippen LogP contribution in [-0.2, 0) is 22.7 Å². The Labute approximate surface area is 151 Å². The van der Waals surface area contributed by atoms with E-state index in [0.29, 0.717) is 18.2 Å². The normalized spacial score (nSPS) is 15.8. The third-order valence-electron chi connectivity index (χ3n) is 4.45. The van der Waals surface area contributed by atoms with Gasteiger partial charge in [-0.05, 0) is 66.4 Å². The molecule has 25 heavy (non-hydrogen) atoms. The van der Waals surface area contributed by atoms with E-state index >= 15 is 0 Å². The van der Waals surface area contributed by atoms with Gasteiger partial charge < -0.3 is 15.1 Å². The van der Waals surface area contributed by atoms with Gasteiger partial charge in [0.25, 0.3) is 0 Å². The number of rotatable bonds is 6. The molecule has 3 rings (SSSR count).